The van der Waals surface area contributed by atoms with Gasteiger partial charge in [0.15, 0.2) is 0 Å². The minimum Gasteiger partial charge on any atom is -0.481 e. The van der Waals surface area contributed by atoms with E-state index in [0.29, 0.717) is 6.54 Å². The highest BCUT2D eigenvalue weighted by Crippen LogP contribution is 2.11. The van der Waals surface area contributed by atoms with E-state index < -0.39 is 5.97 Å². The van der Waals surface area contributed by atoms with Gasteiger partial charge in [0, 0.05) is 0 Å². The largest absolute Gasteiger partial charge is 0.481 e. The molecule has 1 unspecified atom stereocenters. The molecule has 0 aliphatic carbocycles. The molecule has 10 heavy (non-hydrogen) atoms. The number of hydrogen-bond donors (Lipinski definition) is 1. The third kappa shape index (κ3) is 1.83. The summed E-state index contributed by atoms with van der Waals surface area (Å²) < 4.78 is 0. The fourth-order valence-corrected chi connectivity index (χ4v) is 1.04. The first-order chi connectivity index (χ1) is 4.80. The van der Waals surface area contributed by atoms with Gasteiger partial charge in [-0.1, -0.05) is 0 Å². The highest BCUT2D eigenvalue weighted by molar-refractivity contribution is 5.71. The van der Waals surface area contributed by atoms with Crippen LogP contribution in [-0.4, -0.2) is 23.8 Å². The second-order valence-corrected chi connectivity index (χ2v) is 2.51. The maximum atomic E-state index is 10.4. The van der Waals surface area contributed by atoms with Crippen LogP contribution in [0.25, 0.3) is 0 Å². The molecule has 0 spiro atoms. The van der Waals surface area contributed by atoms with Crippen LogP contribution in [0.3, 0.4) is 0 Å². The van der Waals surface area contributed by atoms with Crippen LogP contribution in [-0.2, 0) is 4.79 Å². The Balaban J connectivity index is 2.45. The Labute approximate surface area is 59.8 Å². The molecular formula is C7H11NO2. The van der Waals surface area contributed by atoms with Gasteiger partial charge in [0.2, 0.25) is 0 Å². The molecule has 3 heteroatoms. The van der Waals surface area contributed by atoms with Crippen molar-refractivity contribution in [1.29, 1.82) is 0 Å². The fraction of sp³-hybridized carbons (Fsp3) is 0.714. The highest BCUT2D eigenvalue weighted by atomic mass is 16.4. The van der Waals surface area contributed by atoms with Crippen molar-refractivity contribution in [2.45, 2.75) is 19.3 Å². The highest BCUT2D eigenvalue weighted by Gasteiger charge is 2.16. The minimum atomic E-state index is -0.709. The maximum Gasteiger partial charge on any atom is 0.308 e. The quantitative estimate of drug-likeness (QED) is 0.590. The van der Waals surface area contributed by atoms with Gasteiger partial charge in [-0.15, -0.1) is 0 Å². The van der Waals surface area contributed by atoms with Gasteiger partial charge in [0.25, 0.3) is 0 Å². The fourth-order valence-electron chi connectivity index (χ4n) is 1.04. The Kier molecular flexibility index (Phi) is 2.42. The number of carbonyl (C=O) groups is 1. The van der Waals surface area contributed by atoms with Crippen LogP contribution in [0.15, 0.2) is 4.99 Å². The van der Waals surface area contributed by atoms with Crippen molar-refractivity contribution < 1.29 is 9.90 Å². The second-order valence-electron chi connectivity index (χ2n) is 2.51. The molecule has 0 radical (unpaired) electrons. The molecule has 0 saturated heterocycles. The van der Waals surface area contributed by atoms with E-state index in [4.69, 9.17) is 5.11 Å². The third-order valence-corrected chi connectivity index (χ3v) is 1.69. The van der Waals surface area contributed by atoms with Crippen molar-refractivity contribution in [2.24, 2.45) is 10.9 Å². The molecule has 1 aliphatic rings. The lowest BCUT2D eigenvalue weighted by atomic mass is 10.0. The van der Waals surface area contributed by atoms with Crippen molar-refractivity contribution in [3.8, 4) is 0 Å². The number of aliphatic imine (C=N–C) groups is 1. The predicted octanol–water partition coefficient (Wildman–Crippen LogP) is 0.942. The minimum absolute atomic E-state index is 0.237. The molecule has 1 heterocycles. The molecule has 0 aromatic rings. The number of carboxylic acid groups (broad SMARTS) is 1. The van der Waals surface area contributed by atoms with E-state index in [0.717, 1.165) is 19.3 Å². The summed E-state index contributed by atoms with van der Waals surface area (Å²) in [6.07, 6.45) is 4.49. The zero-order valence-corrected chi connectivity index (χ0v) is 5.79. The van der Waals surface area contributed by atoms with Crippen LogP contribution in [0.4, 0.5) is 0 Å². The molecule has 1 rings (SSSR count). The molecule has 0 aromatic heterocycles. The zero-order chi connectivity index (χ0) is 7.40. The van der Waals surface area contributed by atoms with Crippen molar-refractivity contribution in [2.75, 3.05) is 6.54 Å². The van der Waals surface area contributed by atoms with Gasteiger partial charge in [0.05, 0.1) is 12.5 Å². The lowest BCUT2D eigenvalue weighted by Gasteiger charge is -2.04. The van der Waals surface area contributed by atoms with E-state index in [1.54, 1.807) is 0 Å². The van der Waals surface area contributed by atoms with Gasteiger partial charge in [-0.3, -0.25) is 9.79 Å². The number of hydrogen-bond acceptors (Lipinski definition) is 2. The first-order valence-corrected chi connectivity index (χ1v) is 3.52. The smallest absolute Gasteiger partial charge is 0.308 e. The summed E-state index contributed by atoms with van der Waals surface area (Å²) >= 11 is 0. The molecule has 0 aromatic carbocycles. The summed E-state index contributed by atoms with van der Waals surface area (Å²) in [5.41, 5.74) is 0. The van der Waals surface area contributed by atoms with Crippen LogP contribution < -0.4 is 0 Å². The molecule has 0 amide bonds. The van der Waals surface area contributed by atoms with E-state index in [2.05, 4.69) is 4.99 Å². The van der Waals surface area contributed by atoms with Crippen LogP contribution in [0.2, 0.25) is 0 Å². The summed E-state index contributed by atoms with van der Waals surface area (Å²) in [6, 6.07) is 0. The lowest BCUT2D eigenvalue weighted by Crippen LogP contribution is -2.15. The Morgan fingerprint density at radius 3 is 3.20 bits per heavy atom. The average Bonchev–Trinajstić information content (AvgIpc) is 2.12. The van der Waals surface area contributed by atoms with Crippen molar-refractivity contribution >= 4 is 12.2 Å². The predicted molar refractivity (Wildman–Crippen MR) is 38.3 cm³/mol. The zero-order valence-electron chi connectivity index (χ0n) is 5.79. The molecule has 1 N–H and O–H groups in total. The third-order valence-electron chi connectivity index (χ3n) is 1.69. The van der Waals surface area contributed by atoms with E-state index in [-0.39, 0.29) is 5.92 Å². The summed E-state index contributed by atoms with van der Waals surface area (Å²) in [7, 11) is 0. The maximum absolute atomic E-state index is 10.4. The van der Waals surface area contributed by atoms with Crippen molar-refractivity contribution in [1.82, 2.24) is 0 Å². The van der Waals surface area contributed by atoms with Gasteiger partial charge in [-0.2, -0.15) is 0 Å². The molecule has 3 nitrogen and oxygen atoms in total. The topological polar surface area (TPSA) is 49.7 Å². The van der Waals surface area contributed by atoms with Crippen LogP contribution in [0.5, 0.6) is 0 Å². The first kappa shape index (κ1) is 7.25. The Bertz CT molecular complexity index is 154. The summed E-state index contributed by atoms with van der Waals surface area (Å²) in [5, 5.41) is 8.59. The summed E-state index contributed by atoms with van der Waals surface area (Å²) in [4.78, 5) is 14.4. The molecule has 1 aliphatic heterocycles. The number of carboxylic acids is 1. The first-order valence-electron chi connectivity index (χ1n) is 3.52. The SMILES string of the molecule is O=C(O)C1CCCC=NC1. The molecular weight excluding hydrogens is 130 g/mol. The number of aliphatic carboxylic acids is 1. The van der Waals surface area contributed by atoms with E-state index in [1.165, 1.54) is 0 Å². The molecule has 0 bridgehead atoms. The summed E-state index contributed by atoms with van der Waals surface area (Å²) in [6.45, 7) is 0.468. The second kappa shape index (κ2) is 3.34. The van der Waals surface area contributed by atoms with Gasteiger partial charge >= 0.3 is 5.97 Å². The molecule has 1 atom stereocenters. The van der Waals surface area contributed by atoms with E-state index >= 15 is 0 Å². The van der Waals surface area contributed by atoms with E-state index in [9.17, 15) is 4.79 Å². The standard InChI is InChI=1S/C7H11NO2/c9-7(10)6-3-1-2-4-8-5-6/h4,6H,1-3,5H2,(H,9,10). The number of nitrogens with zero attached hydrogens (tertiary/aromatic N) is 1. The van der Waals surface area contributed by atoms with Gasteiger partial charge in [-0.05, 0) is 25.5 Å². The van der Waals surface area contributed by atoms with E-state index in [1.807, 2.05) is 6.21 Å². The lowest BCUT2D eigenvalue weighted by molar-refractivity contribution is -0.141. The Morgan fingerprint density at radius 1 is 1.70 bits per heavy atom. The Morgan fingerprint density at radius 2 is 2.50 bits per heavy atom. The van der Waals surface area contributed by atoms with Gasteiger partial charge in [0.1, 0.15) is 0 Å². The van der Waals surface area contributed by atoms with Crippen molar-refractivity contribution in [3.63, 3.8) is 0 Å². The van der Waals surface area contributed by atoms with Crippen LogP contribution in [0.1, 0.15) is 19.3 Å². The summed E-state index contributed by atoms with van der Waals surface area (Å²) in [5.74, 6) is -0.946. The molecule has 0 saturated carbocycles. The normalized spacial score (nSPS) is 25.8. The monoisotopic (exact) mass is 141 g/mol. The van der Waals surface area contributed by atoms with Crippen molar-refractivity contribution in [3.05, 3.63) is 0 Å². The Hall–Kier alpha value is -0.860. The average molecular weight is 141 g/mol. The molecule has 0 fully saturated rings. The van der Waals surface area contributed by atoms with Gasteiger partial charge < -0.3 is 5.11 Å². The van der Waals surface area contributed by atoms with Gasteiger partial charge in [-0.25, -0.2) is 0 Å². The number of rotatable bonds is 1. The molecule has 56 valence electrons. The van der Waals surface area contributed by atoms with Crippen LogP contribution >= 0.6 is 0 Å². The van der Waals surface area contributed by atoms with Crippen LogP contribution in [0, 0.1) is 5.92 Å².